The van der Waals surface area contributed by atoms with Crippen LogP contribution in [-0.2, 0) is 6.54 Å². The predicted molar refractivity (Wildman–Crippen MR) is 93.8 cm³/mol. The molecule has 5 nitrogen and oxygen atoms in total. The van der Waals surface area contributed by atoms with E-state index in [4.69, 9.17) is 4.74 Å². The number of amides is 2. The highest BCUT2D eigenvalue weighted by Gasteiger charge is 2.17. The minimum Gasteiger partial charge on any atom is -0.494 e. The monoisotopic (exact) mass is 346 g/mol. The molecule has 2 rings (SSSR count). The summed E-state index contributed by atoms with van der Waals surface area (Å²) in [5.41, 5.74) is 1.71. The molecule has 0 radical (unpaired) electrons. The summed E-state index contributed by atoms with van der Waals surface area (Å²) in [6.07, 6.45) is 0. The fourth-order valence-electron chi connectivity index (χ4n) is 2.48. The van der Waals surface area contributed by atoms with Crippen LogP contribution in [0.3, 0.4) is 0 Å². The number of benzene rings is 2. The van der Waals surface area contributed by atoms with E-state index in [1.807, 2.05) is 37.3 Å². The number of ether oxygens (including phenoxy) is 1. The molecule has 0 heterocycles. The van der Waals surface area contributed by atoms with E-state index in [0.717, 1.165) is 11.1 Å². The SMILES string of the molecule is COc1cc(C(C)NC(=O)N(CCO)Cc2ccccc2)ccc1F. The second kappa shape index (κ2) is 9.03. The molecule has 134 valence electrons. The van der Waals surface area contributed by atoms with Crippen molar-refractivity contribution in [1.82, 2.24) is 10.2 Å². The van der Waals surface area contributed by atoms with Crippen LogP contribution >= 0.6 is 0 Å². The number of methoxy groups -OCH3 is 1. The number of halogens is 1. The summed E-state index contributed by atoms with van der Waals surface area (Å²) >= 11 is 0. The third kappa shape index (κ3) is 5.19. The van der Waals surface area contributed by atoms with Crippen molar-refractivity contribution in [2.45, 2.75) is 19.5 Å². The van der Waals surface area contributed by atoms with Crippen molar-refractivity contribution in [3.05, 3.63) is 65.5 Å². The van der Waals surface area contributed by atoms with E-state index in [0.29, 0.717) is 6.54 Å². The summed E-state index contributed by atoms with van der Waals surface area (Å²) in [5, 5.41) is 12.1. The molecule has 0 spiro atoms. The second-order valence-electron chi connectivity index (χ2n) is 5.70. The summed E-state index contributed by atoms with van der Waals surface area (Å²) in [6.45, 7) is 2.30. The zero-order chi connectivity index (χ0) is 18.2. The van der Waals surface area contributed by atoms with Gasteiger partial charge in [0.15, 0.2) is 11.6 Å². The van der Waals surface area contributed by atoms with Crippen LogP contribution in [-0.4, -0.2) is 36.3 Å². The van der Waals surface area contributed by atoms with Gasteiger partial charge in [0.1, 0.15) is 0 Å². The largest absolute Gasteiger partial charge is 0.494 e. The van der Waals surface area contributed by atoms with Gasteiger partial charge in [-0.1, -0.05) is 36.4 Å². The minimum atomic E-state index is -0.448. The van der Waals surface area contributed by atoms with Crippen LogP contribution in [0, 0.1) is 5.82 Å². The van der Waals surface area contributed by atoms with Gasteiger partial charge in [-0.25, -0.2) is 9.18 Å². The Morgan fingerprint density at radius 3 is 2.64 bits per heavy atom. The molecule has 1 unspecified atom stereocenters. The first-order chi connectivity index (χ1) is 12.0. The lowest BCUT2D eigenvalue weighted by molar-refractivity contribution is 0.171. The van der Waals surface area contributed by atoms with E-state index in [2.05, 4.69) is 5.32 Å². The first kappa shape index (κ1) is 18.7. The molecule has 0 aliphatic heterocycles. The third-order valence-corrected chi connectivity index (χ3v) is 3.89. The molecule has 0 saturated heterocycles. The van der Waals surface area contributed by atoms with Gasteiger partial charge in [-0.2, -0.15) is 0 Å². The predicted octanol–water partition coefficient (Wildman–Crippen LogP) is 3.10. The number of aliphatic hydroxyl groups is 1. The lowest BCUT2D eigenvalue weighted by Crippen LogP contribution is -2.42. The average Bonchev–Trinajstić information content (AvgIpc) is 2.62. The van der Waals surface area contributed by atoms with Crippen LogP contribution in [0.25, 0.3) is 0 Å². The number of aliphatic hydroxyl groups excluding tert-OH is 1. The number of carbonyl (C=O) groups is 1. The van der Waals surface area contributed by atoms with Crippen molar-refractivity contribution >= 4 is 6.03 Å². The molecule has 6 heteroatoms. The highest BCUT2D eigenvalue weighted by Crippen LogP contribution is 2.22. The molecule has 2 amide bonds. The fourth-order valence-corrected chi connectivity index (χ4v) is 2.48. The third-order valence-electron chi connectivity index (χ3n) is 3.89. The van der Waals surface area contributed by atoms with E-state index >= 15 is 0 Å². The van der Waals surface area contributed by atoms with Crippen molar-refractivity contribution in [1.29, 1.82) is 0 Å². The molecule has 2 aromatic rings. The molecule has 1 atom stereocenters. The summed E-state index contributed by atoms with van der Waals surface area (Å²) in [4.78, 5) is 14.1. The topological polar surface area (TPSA) is 61.8 Å². The molecular weight excluding hydrogens is 323 g/mol. The average molecular weight is 346 g/mol. The molecule has 0 saturated carbocycles. The van der Waals surface area contributed by atoms with Gasteiger partial charge >= 0.3 is 6.03 Å². The van der Waals surface area contributed by atoms with E-state index in [9.17, 15) is 14.3 Å². The number of hydrogen-bond donors (Lipinski definition) is 2. The maximum Gasteiger partial charge on any atom is 0.318 e. The lowest BCUT2D eigenvalue weighted by Gasteiger charge is -2.25. The van der Waals surface area contributed by atoms with Gasteiger partial charge < -0.3 is 20.1 Å². The van der Waals surface area contributed by atoms with Crippen LogP contribution in [0.5, 0.6) is 5.75 Å². The Bertz CT molecular complexity index is 694. The first-order valence-corrected chi connectivity index (χ1v) is 8.08. The molecule has 0 aliphatic rings. The number of nitrogens with one attached hydrogen (secondary N) is 1. The van der Waals surface area contributed by atoms with Crippen LogP contribution < -0.4 is 10.1 Å². The van der Waals surface area contributed by atoms with Gasteiger partial charge in [0, 0.05) is 13.1 Å². The Morgan fingerprint density at radius 1 is 1.28 bits per heavy atom. The molecular formula is C19H23FN2O3. The standard InChI is InChI=1S/C19H23FN2O3/c1-14(16-8-9-17(20)18(12-16)25-2)21-19(24)22(10-11-23)13-15-6-4-3-5-7-15/h3-9,12,14,23H,10-11,13H2,1-2H3,(H,21,24). The van der Waals surface area contributed by atoms with Gasteiger partial charge in [0.25, 0.3) is 0 Å². The Morgan fingerprint density at radius 2 is 2.00 bits per heavy atom. The Balaban J connectivity index is 2.06. The highest BCUT2D eigenvalue weighted by atomic mass is 19.1. The molecule has 0 fully saturated rings. The molecule has 0 aromatic heterocycles. The van der Waals surface area contributed by atoms with Crippen LogP contribution in [0.15, 0.2) is 48.5 Å². The van der Waals surface area contributed by atoms with Crippen LogP contribution in [0.4, 0.5) is 9.18 Å². The lowest BCUT2D eigenvalue weighted by atomic mass is 10.1. The van der Waals surface area contributed by atoms with E-state index < -0.39 is 5.82 Å². The minimum absolute atomic E-state index is 0.126. The number of urea groups is 1. The second-order valence-corrected chi connectivity index (χ2v) is 5.70. The normalized spacial score (nSPS) is 11.7. The van der Waals surface area contributed by atoms with E-state index in [1.165, 1.54) is 18.1 Å². The van der Waals surface area contributed by atoms with E-state index in [1.54, 1.807) is 12.1 Å². The molecule has 25 heavy (non-hydrogen) atoms. The smallest absolute Gasteiger partial charge is 0.318 e. The van der Waals surface area contributed by atoms with Crippen molar-refractivity contribution in [2.75, 3.05) is 20.3 Å². The zero-order valence-electron chi connectivity index (χ0n) is 14.4. The van der Waals surface area contributed by atoms with Gasteiger partial charge in [0.05, 0.1) is 19.8 Å². The van der Waals surface area contributed by atoms with Crippen LogP contribution in [0.1, 0.15) is 24.1 Å². The Labute approximate surface area is 147 Å². The zero-order valence-corrected chi connectivity index (χ0v) is 14.4. The molecule has 0 aliphatic carbocycles. The van der Waals surface area contributed by atoms with Gasteiger partial charge in [-0.05, 0) is 30.2 Å². The van der Waals surface area contributed by atoms with Crippen molar-refractivity contribution in [2.24, 2.45) is 0 Å². The van der Waals surface area contributed by atoms with Crippen molar-refractivity contribution in [3.8, 4) is 5.75 Å². The maximum atomic E-state index is 13.5. The van der Waals surface area contributed by atoms with Gasteiger partial charge in [-0.3, -0.25) is 0 Å². The van der Waals surface area contributed by atoms with Crippen molar-refractivity contribution < 1.29 is 19.0 Å². The summed E-state index contributed by atoms with van der Waals surface area (Å²) in [6, 6.07) is 13.4. The maximum absolute atomic E-state index is 13.5. The molecule has 2 N–H and O–H groups in total. The number of hydrogen-bond acceptors (Lipinski definition) is 3. The van der Waals surface area contributed by atoms with Gasteiger partial charge in [-0.15, -0.1) is 0 Å². The molecule has 0 bridgehead atoms. The summed E-state index contributed by atoms with van der Waals surface area (Å²) in [7, 11) is 1.40. The highest BCUT2D eigenvalue weighted by molar-refractivity contribution is 5.74. The summed E-state index contributed by atoms with van der Waals surface area (Å²) < 4.78 is 18.5. The van der Waals surface area contributed by atoms with Crippen molar-refractivity contribution in [3.63, 3.8) is 0 Å². The van der Waals surface area contributed by atoms with E-state index in [-0.39, 0.29) is 31.0 Å². The number of carbonyl (C=O) groups excluding carboxylic acids is 1. The first-order valence-electron chi connectivity index (χ1n) is 8.08. The van der Waals surface area contributed by atoms with Crippen LogP contribution in [0.2, 0.25) is 0 Å². The Hall–Kier alpha value is -2.60. The Kier molecular flexibility index (Phi) is 6.77. The quantitative estimate of drug-likeness (QED) is 0.810. The number of rotatable bonds is 7. The number of nitrogens with zero attached hydrogens (tertiary/aromatic N) is 1. The summed E-state index contributed by atoms with van der Waals surface area (Å²) in [5.74, 6) is -0.314. The molecule has 2 aromatic carbocycles. The van der Waals surface area contributed by atoms with Gasteiger partial charge in [0.2, 0.25) is 0 Å². The fraction of sp³-hybridized carbons (Fsp3) is 0.316.